The van der Waals surface area contributed by atoms with Crippen LogP contribution in [-0.4, -0.2) is 56.7 Å². The number of fused-ring (bicyclic) bond motifs is 1. The van der Waals surface area contributed by atoms with E-state index >= 15 is 0 Å². The Morgan fingerprint density at radius 1 is 0.634 bits per heavy atom. The summed E-state index contributed by atoms with van der Waals surface area (Å²) >= 11 is 0. The van der Waals surface area contributed by atoms with E-state index in [1.165, 1.54) is 0 Å². The lowest BCUT2D eigenvalue weighted by Crippen LogP contribution is -2.08. The molecule has 1 N–H and O–H groups in total. The molecule has 220 valence electrons. The van der Waals surface area contributed by atoms with E-state index in [1.807, 2.05) is 133 Å². The zero-order valence-electron chi connectivity index (χ0n) is 26.8. The molecule has 7 heteroatoms. The van der Waals surface area contributed by atoms with E-state index in [-0.39, 0.29) is 5.75 Å². The van der Waals surface area contributed by atoms with Crippen LogP contribution in [0.1, 0.15) is 37.5 Å². The molecule has 4 aromatic rings. The molecular weight excluding hydrogens is 508 g/mol. The SMILES string of the molecule is CC.CCN(C)C.CN(C)C.Cc1cc(N=Nc2c(C)cc3ccccc3c2O)c(C)cc1N=Nc1ccccc1. The third-order valence-corrected chi connectivity index (χ3v) is 5.62. The molecule has 0 fully saturated rings. The van der Waals surface area contributed by atoms with Crippen LogP contribution in [0.5, 0.6) is 5.75 Å². The Balaban J connectivity index is 0.000000660. The van der Waals surface area contributed by atoms with Crippen molar-refractivity contribution in [2.24, 2.45) is 20.5 Å². The number of phenolic OH excluding ortho intramolecular Hbond substituents is 1. The molecule has 0 bridgehead atoms. The highest BCUT2D eigenvalue weighted by molar-refractivity contribution is 5.93. The van der Waals surface area contributed by atoms with Crippen LogP contribution in [0, 0.1) is 20.8 Å². The van der Waals surface area contributed by atoms with Gasteiger partial charge in [0.1, 0.15) is 5.69 Å². The summed E-state index contributed by atoms with van der Waals surface area (Å²) in [5.41, 5.74) is 5.58. The Labute approximate surface area is 247 Å². The normalized spacial score (nSPS) is 10.8. The van der Waals surface area contributed by atoms with Crippen LogP contribution in [-0.2, 0) is 0 Å². The Hall–Kier alpha value is -3.94. The third kappa shape index (κ3) is 12.0. The van der Waals surface area contributed by atoms with Crippen molar-refractivity contribution in [3.8, 4) is 5.75 Å². The Kier molecular flexibility index (Phi) is 15.8. The minimum atomic E-state index is 0.150. The number of hydrogen-bond donors (Lipinski definition) is 1. The molecular formula is C34H48N6O. The first-order valence-electron chi connectivity index (χ1n) is 14.0. The first kappa shape index (κ1) is 35.1. The number of aromatic hydroxyl groups is 1. The summed E-state index contributed by atoms with van der Waals surface area (Å²) < 4.78 is 0. The molecule has 41 heavy (non-hydrogen) atoms. The average molecular weight is 557 g/mol. The van der Waals surface area contributed by atoms with Gasteiger partial charge in [-0.25, -0.2) is 0 Å². The largest absolute Gasteiger partial charge is 0.505 e. The van der Waals surface area contributed by atoms with Crippen LogP contribution >= 0.6 is 0 Å². The Morgan fingerprint density at radius 3 is 1.61 bits per heavy atom. The van der Waals surface area contributed by atoms with E-state index in [0.717, 1.165) is 51.1 Å². The van der Waals surface area contributed by atoms with Crippen molar-refractivity contribution in [3.05, 3.63) is 89.5 Å². The summed E-state index contributed by atoms with van der Waals surface area (Å²) in [5, 5.41) is 29.9. The van der Waals surface area contributed by atoms with E-state index in [4.69, 9.17) is 0 Å². The number of azo groups is 2. The first-order chi connectivity index (χ1) is 19.5. The number of nitrogens with zero attached hydrogens (tertiary/aromatic N) is 6. The molecule has 0 aliphatic rings. The smallest absolute Gasteiger partial charge is 0.151 e. The molecule has 0 atom stereocenters. The van der Waals surface area contributed by atoms with Gasteiger partial charge in [-0.3, -0.25) is 0 Å². The molecule has 4 rings (SSSR count). The van der Waals surface area contributed by atoms with Crippen molar-refractivity contribution in [1.82, 2.24) is 9.80 Å². The van der Waals surface area contributed by atoms with Gasteiger partial charge in [0.05, 0.1) is 17.1 Å². The van der Waals surface area contributed by atoms with E-state index in [1.54, 1.807) is 0 Å². The zero-order valence-corrected chi connectivity index (χ0v) is 26.8. The molecule has 0 spiro atoms. The van der Waals surface area contributed by atoms with E-state index in [9.17, 15) is 5.11 Å². The fraction of sp³-hybridized carbons (Fsp3) is 0.353. The summed E-state index contributed by atoms with van der Waals surface area (Å²) in [5.74, 6) is 0.150. The monoisotopic (exact) mass is 556 g/mol. The molecule has 4 aromatic carbocycles. The maximum absolute atomic E-state index is 10.7. The summed E-state index contributed by atoms with van der Waals surface area (Å²) in [7, 11) is 10.1. The second-order valence-electron chi connectivity index (χ2n) is 10.0. The molecule has 0 radical (unpaired) electrons. The standard InChI is InChI=1S/C25H22N4O.C4H11N.C3H9N.C2H6/c1-16-15-23(17(2)14-22(16)27-26-20-10-5-4-6-11-20)28-29-24-18(3)13-19-9-7-8-12-21(19)25(24)30;1-4-5(2)3;1-4(2)3;1-2/h4-15,30H,1-3H3;4H2,1-3H3;1-3H3;1-2H3. The van der Waals surface area contributed by atoms with Gasteiger partial charge in [0.15, 0.2) is 5.75 Å². The minimum absolute atomic E-state index is 0.150. The van der Waals surface area contributed by atoms with Crippen LogP contribution in [0.15, 0.2) is 93.3 Å². The van der Waals surface area contributed by atoms with Gasteiger partial charge in [-0.15, -0.1) is 5.11 Å². The Morgan fingerprint density at radius 2 is 1.10 bits per heavy atom. The van der Waals surface area contributed by atoms with Crippen molar-refractivity contribution in [1.29, 1.82) is 0 Å². The van der Waals surface area contributed by atoms with Crippen molar-refractivity contribution in [2.45, 2.75) is 41.5 Å². The highest BCUT2D eigenvalue weighted by atomic mass is 16.3. The summed E-state index contributed by atoms with van der Waals surface area (Å²) in [6, 6.07) is 23.2. The van der Waals surface area contributed by atoms with Crippen molar-refractivity contribution < 1.29 is 5.11 Å². The lowest BCUT2D eigenvalue weighted by atomic mass is 10.0. The Bertz CT molecular complexity index is 1390. The molecule has 0 saturated carbocycles. The highest BCUT2D eigenvalue weighted by Gasteiger charge is 2.10. The van der Waals surface area contributed by atoms with Gasteiger partial charge >= 0.3 is 0 Å². The van der Waals surface area contributed by atoms with Gasteiger partial charge in [0.25, 0.3) is 0 Å². The van der Waals surface area contributed by atoms with Crippen molar-refractivity contribution in [2.75, 3.05) is 41.8 Å². The fourth-order valence-corrected chi connectivity index (χ4v) is 3.29. The maximum Gasteiger partial charge on any atom is 0.151 e. The predicted molar refractivity (Wildman–Crippen MR) is 176 cm³/mol. The van der Waals surface area contributed by atoms with Gasteiger partial charge in [-0.1, -0.05) is 63.2 Å². The summed E-state index contributed by atoms with van der Waals surface area (Å²) in [6.07, 6.45) is 0. The number of aryl methyl sites for hydroxylation is 3. The highest BCUT2D eigenvalue weighted by Crippen LogP contribution is 2.39. The molecule has 0 amide bonds. The molecule has 0 aliphatic carbocycles. The molecule has 0 heterocycles. The zero-order chi connectivity index (χ0) is 30.9. The molecule has 0 saturated heterocycles. The van der Waals surface area contributed by atoms with Gasteiger partial charge in [0.2, 0.25) is 0 Å². The lowest BCUT2D eigenvalue weighted by Gasteiger charge is -2.08. The van der Waals surface area contributed by atoms with Gasteiger partial charge in [0, 0.05) is 5.39 Å². The molecule has 7 nitrogen and oxygen atoms in total. The second-order valence-corrected chi connectivity index (χ2v) is 10.0. The fourth-order valence-electron chi connectivity index (χ4n) is 3.29. The van der Waals surface area contributed by atoms with E-state index in [0.29, 0.717) is 5.69 Å². The molecule has 0 unspecified atom stereocenters. The number of hydrogen-bond acceptors (Lipinski definition) is 7. The quantitative estimate of drug-likeness (QED) is 0.248. The van der Waals surface area contributed by atoms with Gasteiger partial charge in [-0.2, -0.15) is 15.3 Å². The average Bonchev–Trinajstić information content (AvgIpc) is 2.95. The summed E-state index contributed by atoms with van der Waals surface area (Å²) in [6.45, 7) is 13.1. The predicted octanol–water partition coefficient (Wildman–Crippen LogP) is 10.1. The van der Waals surface area contributed by atoms with Crippen molar-refractivity contribution >= 4 is 33.5 Å². The van der Waals surface area contributed by atoms with Gasteiger partial charge < -0.3 is 14.9 Å². The minimum Gasteiger partial charge on any atom is -0.505 e. The summed E-state index contributed by atoms with van der Waals surface area (Å²) in [4.78, 5) is 4.12. The molecule has 0 aromatic heterocycles. The third-order valence-electron chi connectivity index (χ3n) is 5.62. The van der Waals surface area contributed by atoms with Crippen LogP contribution in [0.3, 0.4) is 0 Å². The number of benzene rings is 4. The van der Waals surface area contributed by atoms with Crippen LogP contribution in [0.2, 0.25) is 0 Å². The van der Waals surface area contributed by atoms with Crippen LogP contribution < -0.4 is 0 Å². The van der Waals surface area contributed by atoms with Crippen LogP contribution in [0.4, 0.5) is 22.7 Å². The van der Waals surface area contributed by atoms with Crippen LogP contribution in [0.25, 0.3) is 10.8 Å². The first-order valence-corrected chi connectivity index (χ1v) is 14.0. The topological polar surface area (TPSA) is 76.2 Å². The number of rotatable bonds is 5. The molecule has 0 aliphatic heterocycles. The van der Waals surface area contributed by atoms with Crippen molar-refractivity contribution in [3.63, 3.8) is 0 Å². The maximum atomic E-state index is 10.7. The van der Waals surface area contributed by atoms with E-state index < -0.39 is 0 Å². The van der Waals surface area contributed by atoms with Gasteiger partial charge in [-0.05, 0) is 115 Å². The van der Waals surface area contributed by atoms with E-state index in [2.05, 4.69) is 46.4 Å². The lowest BCUT2D eigenvalue weighted by molar-refractivity contribution is 0.434. The number of phenols is 1. The second kappa shape index (κ2) is 18.4.